The Kier molecular flexibility index (Phi) is 5.64. The quantitative estimate of drug-likeness (QED) is 0.615. The number of carbonyl (C=O) groups excluding carboxylic acids is 2. The summed E-state index contributed by atoms with van der Waals surface area (Å²) in [4.78, 5) is 23.4. The van der Waals surface area contributed by atoms with Crippen LogP contribution in [0.15, 0.2) is 50.6 Å². The van der Waals surface area contributed by atoms with E-state index in [9.17, 15) is 14.0 Å². The molecule has 8 heteroatoms. The normalized spacial score (nSPS) is 11.2. The average molecular weight is 382 g/mol. The van der Waals surface area contributed by atoms with Crippen LogP contribution in [-0.4, -0.2) is 17.5 Å². The van der Waals surface area contributed by atoms with Gasteiger partial charge >= 0.3 is 5.91 Å². The Morgan fingerprint density at radius 1 is 1.35 bits per heavy atom. The van der Waals surface area contributed by atoms with Crippen LogP contribution in [0.25, 0.3) is 0 Å². The Balaban J connectivity index is 1.89. The summed E-state index contributed by atoms with van der Waals surface area (Å²) < 4.78 is 19.1. The van der Waals surface area contributed by atoms with Crippen LogP contribution in [0.4, 0.5) is 10.1 Å². The Bertz CT molecular complexity index is 744. The van der Waals surface area contributed by atoms with E-state index in [-0.39, 0.29) is 17.9 Å². The zero-order chi connectivity index (χ0) is 16.8. The molecule has 2 amide bonds. The van der Waals surface area contributed by atoms with Crippen molar-refractivity contribution in [3.8, 4) is 0 Å². The van der Waals surface area contributed by atoms with Crippen molar-refractivity contribution in [2.75, 3.05) is 5.32 Å². The molecule has 0 aliphatic carbocycles. The number of halogens is 2. The summed E-state index contributed by atoms with van der Waals surface area (Å²) in [7, 11) is 0. The molecule has 2 aromatic rings. The minimum absolute atomic E-state index is 0.0746. The Morgan fingerprint density at radius 3 is 2.78 bits per heavy atom. The lowest BCUT2D eigenvalue weighted by atomic mass is 10.2. The SMILES string of the molecule is C/C(CC(=O)Nc1ccc(Br)cc1F)=N\NC(=O)c1ccco1. The minimum atomic E-state index is -0.548. The second-order valence-corrected chi connectivity index (χ2v) is 5.53. The first-order valence-corrected chi connectivity index (χ1v) is 7.37. The van der Waals surface area contributed by atoms with Crippen molar-refractivity contribution < 1.29 is 18.4 Å². The highest BCUT2D eigenvalue weighted by Crippen LogP contribution is 2.19. The Morgan fingerprint density at radius 2 is 2.13 bits per heavy atom. The minimum Gasteiger partial charge on any atom is -0.459 e. The van der Waals surface area contributed by atoms with E-state index in [2.05, 4.69) is 31.8 Å². The van der Waals surface area contributed by atoms with Gasteiger partial charge in [0.05, 0.1) is 18.4 Å². The number of furan rings is 1. The third-order valence-electron chi connectivity index (χ3n) is 2.71. The molecule has 0 saturated heterocycles. The monoisotopic (exact) mass is 381 g/mol. The summed E-state index contributed by atoms with van der Waals surface area (Å²) in [6, 6.07) is 7.38. The molecule has 0 aliphatic heterocycles. The molecule has 0 saturated carbocycles. The van der Waals surface area contributed by atoms with Crippen molar-refractivity contribution in [3.63, 3.8) is 0 Å². The number of rotatable bonds is 5. The third kappa shape index (κ3) is 5.03. The fourth-order valence-corrected chi connectivity index (χ4v) is 2.00. The lowest BCUT2D eigenvalue weighted by molar-refractivity contribution is -0.115. The number of amides is 2. The summed E-state index contributed by atoms with van der Waals surface area (Å²) in [5.41, 5.74) is 2.70. The zero-order valence-electron chi connectivity index (χ0n) is 12.1. The number of benzene rings is 1. The molecule has 0 bridgehead atoms. The molecular weight excluding hydrogens is 369 g/mol. The number of anilines is 1. The van der Waals surface area contributed by atoms with Crippen LogP contribution >= 0.6 is 15.9 Å². The highest BCUT2D eigenvalue weighted by Gasteiger charge is 2.10. The zero-order valence-corrected chi connectivity index (χ0v) is 13.7. The highest BCUT2D eigenvalue weighted by atomic mass is 79.9. The van der Waals surface area contributed by atoms with Crippen LogP contribution in [0, 0.1) is 5.82 Å². The van der Waals surface area contributed by atoms with Crippen molar-refractivity contribution >= 4 is 39.1 Å². The first kappa shape index (κ1) is 16.9. The van der Waals surface area contributed by atoms with Gasteiger partial charge in [-0.3, -0.25) is 9.59 Å². The maximum Gasteiger partial charge on any atom is 0.307 e. The van der Waals surface area contributed by atoms with Gasteiger partial charge in [0.1, 0.15) is 5.82 Å². The Labute approximate surface area is 139 Å². The van der Waals surface area contributed by atoms with Gasteiger partial charge in [0.15, 0.2) is 5.76 Å². The van der Waals surface area contributed by atoms with Crippen molar-refractivity contribution in [1.82, 2.24) is 5.43 Å². The fourth-order valence-electron chi connectivity index (χ4n) is 1.67. The highest BCUT2D eigenvalue weighted by molar-refractivity contribution is 9.10. The molecule has 120 valence electrons. The topological polar surface area (TPSA) is 83.7 Å². The van der Waals surface area contributed by atoms with Crippen LogP contribution in [0.5, 0.6) is 0 Å². The molecule has 0 spiro atoms. The Hall–Kier alpha value is -2.48. The summed E-state index contributed by atoms with van der Waals surface area (Å²) in [5.74, 6) is -1.40. The molecule has 1 aromatic carbocycles. The number of carbonyl (C=O) groups is 2. The second kappa shape index (κ2) is 7.68. The smallest absolute Gasteiger partial charge is 0.307 e. The summed E-state index contributed by atoms with van der Waals surface area (Å²) in [6.07, 6.45) is 1.28. The van der Waals surface area contributed by atoms with Gasteiger partial charge in [-0.15, -0.1) is 0 Å². The van der Waals surface area contributed by atoms with E-state index in [1.807, 2.05) is 0 Å². The number of hydrogen-bond acceptors (Lipinski definition) is 4. The fraction of sp³-hybridized carbons (Fsp3) is 0.133. The van der Waals surface area contributed by atoms with Gasteiger partial charge in [0.2, 0.25) is 5.91 Å². The third-order valence-corrected chi connectivity index (χ3v) is 3.21. The van der Waals surface area contributed by atoms with Crippen LogP contribution in [0.1, 0.15) is 23.9 Å². The van der Waals surface area contributed by atoms with E-state index in [1.165, 1.54) is 24.5 Å². The molecule has 2 N–H and O–H groups in total. The van der Waals surface area contributed by atoms with E-state index in [0.29, 0.717) is 10.2 Å². The van der Waals surface area contributed by atoms with Gasteiger partial charge in [0, 0.05) is 10.2 Å². The number of hydrazone groups is 1. The predicted octanol–water partition coefficient (Wildman–Crippen LogP) is 3.32. The van der Waals surface area contributed by atoms with Crippen molar-refractivity contribution in [2.24, 2.45) is 5.10 Å². The van der Waals surface area contributed by atoms with Gasteiger partial charge < -0.3 is 9.73 Å². The first-order chi connectivity index (χ1) is 11.0. The van der Waals surface area contributed by atoms with Gasteiger partial charge in [0.25, 0.3) is 0 Å². The molecule has 0 fully saturated rings. The van der Waals surface area contributed by atoms with Crippen LogP contribution in [0.2, 0.25) is 0 Å². The van der Waals surface area contributed by atoms with Gasteiger partial charge in [-0.1, -0.05) is 15.9 Å². The van der Waals surface area contributed by atoms with E-state index in [0.717, 1.165) is 0 Å². The average Bonchev–Trinajstić information content (AvgIpc) is 3.02. The standard InChI is InChI=1S/C15H13BrFN3O3/c1-9(19-20-15(22)13-3-2-6-23-13)7-14(21)18-12-5-4-10(16)8-11(12)17/h2-6,8H,7H2,1H3,(H,18,21)(H,20,22)/b19-9+. The molecule has 0 atom stereocenters. The van der Waals surface area contributed by atoms with E-state index in [4.69, 9.17) is 4.42 Å². The van der Waals surface area contributed by atoms with Gasteiger partial charge in [-0.05, 0) is 37.3 Å². The number of nitrogens with zero attached hydrogens (tertiary/aromatic N) is 1. The van der Waals surface area contributed by atoms with E-state index < -0.39 is 17.6 Å². The molecule has 0 unspecified atom stereocenters. The second-order valence-electron chi connectivity index (χ2n) is 4.61. The van der Waals surface area contributed by atoms with Crippen LogP contribution in [0.3, 0.4) is 0 Å². The maximum atomic E-state index is 13.6. The molecule has 6 nitrogen and oxygen atoms in total. The maximum absolute atomic E-state index is 13.6. The molecule has 23 heavy (non-hydrogen) atoms. The molecule has 1 aromatic heterocycles. The molecule has 1 heterocycles. The van der Waals surface area contributed by atoms with Crippen molar-refractivity contribution in [1.29, 1.82) is 0 Å². The van der Waals surface area contributed by atoms with Gasteiger partial charge in [-0.25, -0.2) is 9.82 Å². The predicted molar refractivity (Wildman–Crippen MR) is 86.6 cm³/mol. The molecule has 0 aliphatic rings. The van der Waals surface area contributed by atoms with Gasteiger partial charge in [-0.2, -0.15) is 5.10 Å². The molecule has 0 radical (unpaired) electrons. The van der Waals surface area contributed by atoms with Crippen LogP contribution in [-0.2, 0) is 4.79 Å². The lowest BCUT2D eigenvalue weighted by Crippen LogP contribution is -2.21. The summed E-state index contributed by atoms with van der Waals surface area (Å²) in [5, 5.41) is 6.23. The summed E-state index contributed by atoms with van der Waals surface area (Å²) >= 11 is 3.13. The van der Waals surface area contributed by atoms with Crippen molar-refractivity contribution in [3.05, 3.63) is 52.6 Å². The summed E-state index contributed by atoms with van der Waals surface area (Å²) in [6.45, 7) is 1.57. The first-order valence-electron chi connectivity index (χ1n) is 6.57. The van der Waals surface area contributed by atoms with Crippen LogP contribution < -0.4 is 10.7 Å². The number of nitrogens with one attached hydrogen (secondary N) is 2. The largest absolute Gasteiger partial charge is 0.459 e. The molecule has 2 rings (SSSR count). The van der Waals surface area contributed by atoms with E-state index >= 15 is 0 Å². The number of hydrogen-bond donors (Lipinski definition) is 2. The van der Waals surface area contributed by atoms with E-state index in [1.54, 1.807) is 19.1 Å². The lowest BCUT2D eigenvalue weighted by Gasteiger charge is -2.06. The molecular formula is C15H13BrFN3O3. The van der Waals surface area contributed by atoms with Crippen molar-refractivity contribution in [2.45, 2.75) is 13.3 Å².